The van der Waals surface area contributed by atoms with Crippen LogP contribution in [0, 0.1) is 0 Å². The summed E-state index contributed by atoms with van der Waals surface area (Å²) in [5.41, 5.74) is 10.1. The second-order valence-corrected chi connectivity index (χ2v) is 18.3. The molecule has 324 valence electrons. The molecule has 0 unspecified atom stereocenters. The molecular formula is C63H34N4O3. The molecule has 16 rings (SSSR count). The van der Waals surface area contributed by atoms with Crippen molar-refractivity contribution in [3.8, 4) is 39.9 Å². The van der Waals surface area contributed by atoms with Crippen molar-refractivity contribution in [3.63, 3.8) is 0 Å². The highest BCUT2D eigenvalue weighted by atomic mass is 16.3. The first-order chi connectivity index (χ1) is 34.6. The number of benzene rings is 11. The molecule has 16 aromatic rings. The van der Waals surface area contributed by atoms with Crippen molar-refractivity contribution in [2.24, 2.45) is 0 Å². The van der Waals surface area contributed by atoms with Crippen molar-refractivity contribution < 1.29 is 13.3 Å². The van der Waals surface area contributed by atoms with Crippen LogP contribution in [-0.4, -0.2) is 19.5 Å². The summed E-state index contributed by atoms with van der Waals surface area (Å²) in [5, 5.41) is 15.5. The zero-order valence-electron chi connectivity index (χ0n) is 37.1. The molecule has 11 aromatic carbocycles. The Morgan fingerprint density at radius 1 is 0.300 bits per heavy atom. The molecular weight excluding hydrogens is 861 g/mol. The summed E-state index contributed by atoms with van der Waals surface area (Å²) in [6.07, 6.45) is 0. The van der Waals surface area contributed by atoms with E-state index in [1.54, 1.807) is 0 Å². The highest BCUT2D eigenvalue weighted by Gasteiger charge is 2.24. The Kier molecular flexibility index (Phi) is 7.49. The third kappa shape index (κ3) is 5.42. The van der Waals surface area contributed by atoms with Crippen LogP contribution < -0.4 is 0 Å². The standard InChI is InChI=1S/C63H34N4O3/c1-3-14-38-29-52-48(27-36(38)12-1)49-28-37-13-2-4-15-39(37)30-53(49)67(52)42-33-50-59-43-16-6-5-11-35(43)23-26-56(59)70-60(50)51(34-42)63-65-61(40-21-24-46-44-17-7-9-19-54(44)68-57(46)31-40)64-62(66-63)41-22-25-47-45-18-8-10-20-55(45)69-58(47)32-41/h1-34H. The van der Waals surface area contributed by atoms with Gasteiger partial charge in [0.15, 0.2) is 17.5 Å². The number of hydrogen-bond donors (Lipinski definition) is 0. The third-order valence-electron chi connectivity index (χ3n) is 14.4. The van der Waals surface area contributed by atoms with Gasteiger partial charge >= 0.3 is 0 Å². The zero-order valence-corrected chi connectivity index (χ0v) is 37.1. The summed E-state index contributed by atoms with van der Waals surface area (Å²) < 4.78 is 22.3. The van der Waals surface area contributed by atoms with Gasteiger partial charge < -0.3 is 17.8 Å². The normalized spacial score (nSPS) is 12.3. The van der Waals surface area contributed by atoms with Gasteiger partial charge in [-0.05, 0) is 111 Å². The lowest BCUT2D eigenvalue weighted by atomic mass is 10.0. The quantitative estimate of drug-likeness (QED) is 0.175. The largest absolute Gasteiger partial charge is 0.456 e. The van der Waals surface area contributed by atoms with E-state index >= 15 is 0 Å². The molecule has 0 aliphatic carbocycles. The molecule has 0 radical (unpaired) electrons. The minimum Gasteiger partial charge on any atom is -0.456 e. The van der Waals surface area contributed by atoms with Gasteiger partial charge in [0, 0.05) is 59.9 Å². The molecule has 0 atom stereocenters. The lowest BCUT2D eigenvalue weighted by Crippen LogP contribution is -2.01. The Morgan fingerprint density at radius 3 is 1.37 bits per heavy atom. The average molecular weight is 895 g/mol. The predicted molar refractivity (Wildman–Crippen MR) is 285 cm³/mol. The second kappa shape index (κ2) is 14.0. The summed E-state index contributed by atoms with van der Waals surface area (Å²) in [5.74, 6) is 1.48. The molecule has 0 saturated carbocycles. The van der Waals surface area contributed by atoms with Gasteiger partial charge in [0.1, 0.15) is 33.5 Å². The Bertz CT molecular complexity index is 4690. The Labute approximate surface area is 397 Å². The van der Waals surface area contributed by atoms with E-state index in [-0.39, 0.29) is 0 Å². The maximum absolute atomic E-state index is 7.04. The monoisotopic (exact) mass is 894 g/mol. The minimum absolute atomic E-state index is 0.473. The Hall–Kier alpha value is -9.59. The van der Waals surface area contributed by atoms with E-state index in [1.165, 1.54) is 32.3 Å². The topological polar surface area (TPSA) is 83.0 Å². The van der Waals surface area contributed by atoms with Gasteiger partial charge in [-0.25, -0.2) is 15.0 Å². The molecule has 0 saturated heterocycles. The van der Waals surface area contributed by atoms with Crippen molar-refractivity contribution in [2.45, 2.75) is 0 Å². The summed E-state index contributed by atoms with van der Waals surface area (Å²) in [7, 11) is 0. The molecule has 0 N–H and O–H groups in total. The predicted octanol–water partition coefficient (Wildman–Crippen LogP) is 17.1. The van der Waals surface area contributed by atoms with Gasteiger partial charge in [-0.15, -0.1) is 0 Å². The molecule has 5 heterocycles. The van der Waals surface area contributed by atoms with Crippen molar-refractivity contribution in [1.29, 1.82) is 0 Å². The molecule has 0 aliphatic rings. The van der Waals surface area contributed by atoms with Crippen LogP contribution >= 0.6 is 0 Å². The Balaban J connectivity index is 1.02. The number of para-hydroxylation sites is 2. The van der Waals surface area contributed by atoms with E-state index < -0.39 is 0 Å². The highest BCUT2D eigenvalue weighted by molar-refractivity contribution is 6.22. The van der Waals surface area contributed by atoms with Crippen LogP contribution in [0.2, 0.25) is 0 Å². The lowest BCUT2D eigenvalue weighted by Gasteiger charge is -2.13. The van der Waals surface area contributed by atoms with Crippen LogP contribution in [0.5, 0.6) is 0 Å². The molecule has 5 aromatic heterocycles. The van der Waals surface area contributed by atoms with E-state index in [2.05, 4.69) is 162 Å². The fourth-order valence-corrected chi connectivity index (χ4v) is 11.1. The van der Waals surface area contributed by atoms with Crippen molar-refractivity contribution in [2.75, 3.05) is 0 Å². The number of hydrogen-bond acceptors (Lipinski definition) is 6. The number of nitrogens with zero attached hydrogens (tertiary/aromatic N) is 4. The van der Waals surface area contributed by atoms with Gasteiger partial charge in [0.05, 0.1) is 16.6 Å². The van der Waals surface area contributed by atoms with Crippen LogP contribution in [0.4, 0.5) is 0 Å². The first-order valence-corrected chi connectivity index (χ1v) is 23.5. The van der Waals surface area contributed by atoms with Crippen LogP contribution in [0.1, 0.15) is 0 Å². The van der Waals surface area contributed by atoms with Crippen LogP contribution in [0.15, 0.2) is 220 Å². The average Bonchev–Trinajstić information content (AvgIpc) is 4.17. The van der Waals surface area contributed by atoms with Crippen LogP contribution in [-0.2, 0) is 0 Å². The third-order valence-corrected chi connectivity index (χ3v) is 14.4. The first-order valence-electron chi connectivity index (χ1n) is 23.5. The summed E-state index contributed by atoms with van der Waals surface area (Å²) in [4.78, 5) is 16.1. The zero-order chi connectivity index (χ0) is 45.6. The molecule has 0 amide bonds. The number of rotatable bonds is 4. The molecule has 0 fully saturated rings. The summed E-state index contributed by atoms with van der Waals surface area (Å²) in [6.45, 7) is 0. The molecule has 70 heavy (non-hydrogen) atoms. The van der Waals surface area contributed by atoms with E-state index in [1.807, 2.05) is 48.5 Å². The highest BCUT2D eigenvalue weighted by Crippen LogP contribution is 2.44. The fourth-order valence-electron chi connectivity index (χ4n) is 11.1. The molecule has 0 aliphatic heterocycles. The van der Waals surface area contributed by atoms with E-state index in [0.717, 1.165) is 104 Å². The van der Waals surface area contributed by atoms with Gasteiger partial charge in [0.2, 0.25) is 0 Å². The SMILES string of the molecule is c1ccc2cc3c(cc2c1)c1cc2ccccc2cc1n3-c1cc(-c2nc(-c3ccc4c(c3)oc3ccccc34)nc(-c3ccc4c(c3)oc3ccccc34)n2)c2oc3ccc4ccccc4c3c2c1. The lowest BCUT2D eigenvalue weighted by molar-refractivity contribution is 0.668. The van der Waals surface area contributed by atoms with Gasteiger partial charge in [-0.3, -0.25) is 0 Å². The first kappa shape index (κ1) is 37.5. The van der Waals surface area contributed by atoms with Crippen LogP contribution in [0.25, 0.3) is 160 Å². The van der Waals surface area contributed by atoms with E-state index in [9.17, 15) is 0 Å². The van der Waals surface area contributed by atoms with Gasteiger partial charge in [0.25, 0.3) is 0 Å². The van der Waals surface area contributed by atoms with Gasteiger partial charge in [-0.1, -0.05) is 127 Å². The second-order valence-electron chi connectivity index (χ2n) is 18.3. The van der Waals surface area contributed by atoms with Crippen molar-refractivity contribution in [1.82, 2.24) is 19.5 Å². The maximum atomic E-state index is 7.04. The molecule has 0 bridgehead atoms. The van der Waals surface area contributed by atoms with Crippen molar-refractivity contribution >= 4 is 120 Å². The smallest absolute Gasteiger partial charge is 0.167 e. The van der Waals surface area contributed by atoms with Crippen molar-refractivity contribution in [3.05, 3.63) is 206 Å². The molecule has 0 spiro atoms. The maximum Gasteiger partial charge on any atom is 0.167 e. The number of furan rings is 3. The van der Waals surface area contributed by atoms with E-state index in [4.69, 9.17) is 28.2 Å². The summed E-state index contributed by atoms with van der Waals surface area (Å²) >= 11 is 0. The molecule has 7 heteroatoms. The fraction of sp³-hybridized carbons (Fsp3) is 0. The number of aromatic nitrogens is 4. The summed E-state index contributed by atoms with van der Waals surface area (Å²) in [6, 6.07) is 72.4. The number of fused-ring (bicyclic) bond motifs is 16. The van der Waals surface area contributed by atoms with Crippen LogP contribution in [0.3, 0.4) is 0 Å². The Morgan fingerprint density at radius 2 is 0.786 bits per heavy atom. The van der Waals surface area contributed by atoms with Gasteiger partial charge in [-0.2, -0.15) is 0 Å². The molecule has 7 nitrogen and oxygen atoms in total. The van der Waals surface area contributed by atoms with E-state index in [0.29, 0.717) is 23.1 Å². The minimum atomic E-state index is 0.473.